The Morgan fingerprint density at radius 2 is 1.92 bits per heavy atom. The molecule has 0 unspecified atom stereocenters. The van der Waals surface area contributed by atoms with Gasteiger partial charge in [-0.05, 0) is 30.7 Å². The molecule has 0 bridgehead atoms. The average Bonchev–Trinajstić information content (AvgIpc) is 2.61. The summed E-state index contributed by atoms with van der Waals surface area (Å²) in [6.07, 6.45) is 0. The van der Waals surface area contributed by atoms with Gasteiger partial charge in [-0.15, -0.1) is 0 Å². The molecule has 0 aromatic heterocycles. The number of nitro groups is 1. The van der Waals surface area contributed by atoms with Gasteiger partial charge < -0.3 is 14.8 Å². The summed E-state index contributed by atoms with van der Waals surface area (Å²) in [6.45, 7) is 1.06. The second kappa shape index (κ2) is 7.91. The molecule has 0 aliphatic carbocycles. The SMILES string of the molecule is COc1cccc(C(=O)OCC(=O)Nc2c(C)cccc2[N+](=O)[O-])c1. The zero-order chi connectivity index (χ0) is 18.4. The van der Waals surface area contributed by atoms with Crippen molar-refractivity contribution in [3.8, 4) is 5.75 Å². The first-order valence-electron chi connectivity index (χ1n) is 7.27. The van der Waals surface area contributed by atoms with Crippen LogP contribution in [0.3, 0.4) is 0 Å². The van der Waals surface area contributed by atoms with Gasteiger partial charge in [0, 0.05) is 6.07 Å². The molecule has 8 heteroatoms. The third kappa shape index (κ3) is 4.54. The maximum Gasteiger partial charge on any atom is 0.338 e. The van der Waals surface area contributed by atoms with Crippen molar-refractivity contribution in [3.05, 3.63) is 63.7 Å². The van der Waals surface area contributed by atoms with Gasteiger partial charge in [0.25, 0.3) is 11.6 Å². The van der Waals surface area contributed by atoms with E-state index in [1.807, 2.05) is 0 Å². The Kier molecular flexibility index (Phi) is 5.67. The van der Waals surface area contributed by atoms with Gasteiger partial charge in [0.2, 0.25) is 0 Å². The summed E-state index contributed by atoms with van der Waals surface area (Å²) in [5, 5.41) is 13.4. The number of nitrogens with zero attached hydrogens (tertiary/aromatic N) is 1. The molecule has 0 heterocycles. The Hall–Kier alpha value is -3.42. The minimum Gasteiger partial charge on any atom is -0.497 e. The van der Waals surface area contributed by atoms with E-state index >= 15 is 0 Å². The third-order valence-corrected chi connectivity index (χ3v) is 3.35. The zero-order valence-corrected chi connectivity index (χ0v) is 13.6. The molecule has 0 atom stereocenters. The van der Waals surface area contributed by atoms with Crippen molar-refractivity contribution in [2.24, 2.45) is 0 Å². The monoisotopic (exact) mass is 344 g/mol. The molecule has 0 saturated carbocycles. The molecule has 1 N–H and O–H groups in total. The number of nitro benzene ring substituents is 1. The quantitative estimate of drug-likeness (QED) is 0.490. The maximum atomic E-state index is 12.0. The number of carbonyl (C=O) groups is 2. The van der Waals surface area contributed by atoms with Crippen molar-refractivity contribution in [1.29, 1.82) is 0 Å². The second-order valence-corrected chi connectivity index (χ2v) is 5.08. The molecule has 8 nitrogen and oxygen atoms in total. The standard InChI is InChI=1S/C17H16N2O6/c1-11-5-3-8-14(19(22)23)16(11)18-15(20)10-25-17(21)12-6-4-7-13(9-12)24-2/h3-9H,10H2,1-2H3,(H,18,20). The molecule has 130 valence electrons. The van der Waals surface area contributed by atoms with Crippen LogP contribution in [-0.2, 0) is 9.53 Å². The molecule has 0 spiro atoms. The van der Waals surface area contributed by atoms with Crippen molar-refractivity contribution in [2.45, 2.75) is 6.92 Å². The van der Waals surface area contributed by atoms with Crippen LogP contribution >= 0.6 is 0 Å². The van der Waals surface area contributed by atoms with Crippen LogP contribution in [0.15, 0.2) is 42.5 Å². The number of benzene rings is 2. The Bertz CT molecular complexity index is 819. The largest absolute Gasteiger partial charge is 0.497 e. The van der Waals surface area contributed by atoms with Gasteiger partial charge >= 0.3 is 5.97 Å². The Balaban J connectivity index is 2.02. The van der Waals surface area contributed by atoms with E-state index in [0.29, 0.717) is 11.3 Å². The van der Waals surface area contributed by atoms with Crippen LogP contribution in [0.1, 0.15) is 15.9 Å². The molecular weight excluding hydrogens is 328 g/mol. The normalized spacial score (nSPS) is 10.0. The summed E-state index contributed by atoms with van der Waals surface area (Å²) in [7, 11) is 1.47. The smallest absolute Gasteiger partial charge is 0.338 e. The van der Waals surface area contributed by atoms with Gasteiger partial charge in [0.15, 0.2) is 6.61 Å². The molecule has 0 aliphatic heterocycles. The fraction of sp³-hybridized carbons (Fsp3) is 0.176. The van der Waals surface area contributed by atoms with Crippen molar-refractivity contribution in [3.63, 3.8) is 0 Å². The average molecular weight is 344 g/mol. The van der Waals surface area contributed by atoms with E-state index in [-0.39, 0.29) is 16.9 Å². The summed E-state index contributed by atoms with van der Waals surface area (Å²) in [5.74, 6) is -0.892. The minimum atomic E-state index is -0.701. The fourth-order valence-corrected chi connectivity index (χ4v) is 2.11. The van der Waals surface area contributed by atoms with Crippen LogP contribution in [0.2, 0.25) is 0 Å². The van der Waals surface area contributed by atoms with Crippen molar-refractivity contribution < 1.29 is 24.0 Å². The van der Waals surface area contributed by atoms with E-state index in [1.54, 1.807) is 25.1 Å². The Morgan fingerprint density at radius 3 is 2.60 bits per heavy atom. The van der Waals surface area contributed by atoms with Crippen LogP contribution in [-0.4, -0.2) is 30.5 Å². The molecule has 25 heavy (non-hydrogen) atoms. The lowest BCUT2D eigenvalue weighted by Gasteiger charge is -2.09. The lowest BCUT2D eigenvalue weighted by atomic mass is 10.1. The van der Waals surface area contributed by atoms with Crippen LogP contribution in [0.4, 0.5) is 11.4 Å². The summed E-state index contributed by atoms with van der Waals surface area (Å²) in [5.41, 5.74) is 0.609. The van der Waals surface area contributed by atoms with Gasteiger partial charge in [-0.2, -0.15) is 0 Å². The number of esters is 1. The lowest BCUT2D eigenvalue weighted by molar-refractivity contribution is -0.384. The number of ether oxygens (including phenoxy) is 2. The molecule has 2 aromatic carbocycles. The number of hydrogen-bond donors (Lipinski definition) is 1. The third-order valence-electron chi connectivity index (χ3n) is 3.35. The van der Waals surface area contributed by atoms with Crippen LogP contribution in [0, 0.1) is 17.0 Å². The lowest BCUT2D eigenvalue weighted by Crippen LogP contribution is -2.22. The predicted octanol–water partition coefficient (Wildman–Crippen LogP) is 2.71. The molecule has 0 saturated heterocycles. The number of para-hydroxylation sites is 1. The molecule has 0 fully saturated rings. The number of methoxy groups -OCH3 is 1. The highest BCUT2D eigenvalue weighted by Crippen LogP contribution is 2.27. The number of hydrogen-bond acceptors (Lipinski definition) is 6. The molecule has 0 radical (unpaired) electrons. The highest BCUT2D eigenvalue weighted by Gasteiger charge is 2.18. The first-order valence-corrected chi connectivity index (χ1v) is 7.27. The van der Waals surface area contributed by atoms with E-state index in [2.05, 4.69) is 5.32 Å². The number of aryl methyl sites for hydroxylation is 1. The second-order valence-electron chi connectivity index (χ2n) is 5.08. The number of amides is 1. The van der Waals surface area contributed by atoms with E-state index in [1.165, 1.54) is 31.4 Å². The predicted molar refractivity (Wildman–Crippen MR) is 89.7 cm³/mol. The summed E-state index contributed by atoms with van der Waals surface area (Å²) in [6, 6.07) is 10.7. The topological polar surface area (TPSA) is 108 Å². The number of rotatable bonds is 6. The first-order chi connectivity index (χ1) is 11.9. The molecule has 0 aliphatic rings. The van der Waals surface area contributed by atoms with Crippen molar-refractivity contribution in [1.82, 2.24) is 0 Å². The zero-order valence-electron chi connectivity index (χ0n) is 13.6. The Labute approximate surface area is 143 Å². The summed E-state index contributed by atoms with van der Waals surface area (Å²) < 4.78 is 9.93. The Morgan fingerprint density at radius 1 is 1.20 bits per heavy atom. The van der Waals surface area contributed by atoms with Crippen molar-refractivity contribution >= 4 is 23.3 Å². The maximum absolute atomic E-state index is 12.0. The van der Waals surface area contributed by atoms with E-state index < -0.39 is 23.4 Å². The molecular formula is C17H16N2O6. The molecule has 1 amide bonds. The highest BCUT2D eigenvalue weighted by molar-refractivity contribution is 5.97. The van der Waals surface area contributed by atoms with E-state index in [9.17, 15) is 19.7 Å². The summed E-state index contributed by atoms with van der Waals surface area (Å²) >= 11 is 0. The highest BCUT2D eigenvalue weighted by atomic mass is 16.6. The van der Waals surface area contributed by atoms with E-state index in [4.69, 9.17) is 9.47 Å². The van der Waals surface area contributed by atoms with Crippen molar-refractivity contribution in [2.75, 3.05) is 19.0 Å². The summed E-state index contributed by atoms with van der Waals surface area (Å²) in [4.78, 5) is 34.3. The van der Waals surface area contributed by atoms with Crippen LogP contribution < -0.4 is 10.1 Å². The first kappa shape index (κ1) is 17.9. The van der Waals surface area contributed by atoms with Gasteiger partial charge in [0.1, 0.15) is 11.4 Å². The number of anilines is 1. The van der Waals surface area contributed by atoms with Crippen LogP contribution in [0.5, 0.6) is 5.75 Å². The van der Waals surface area contributed by atoms with Crippen LogP contribution in [0.25, 0.3) is 0 Å². The molecule has 2 rings (SSSR count). The minimum absolute atomic E-state index is 0.0786. The molecule has 2 aromatic rings. The van der Waals surface area contributed by atoms with Gasteiger partial charge in [-0.1, -0.05) is 18.2 Å². The van der Waals surface area contributed by atoms with Gasteiger partial charge in [-0.25, -0.2) is 4.79 Å². The van der Waals surface area contributed by atoms with Gasteiger partial charge in [-0.3, -0.25) is 14.9 Å². The number of carbonyl (C=O) groups excluding carboxylic acids is 2. The van der Waals surface area contributed by atoms with E-state index in [0.717, 1.165) is 0 Å². The van der Waals surface area contributed by atoms with Gasteiger partial charge in [0.05, 0.1) is 17.6 Å². The number of nitrogens with one attached hydrogen (secondary N) is 1. The fourth-order valence-electron chi connectivity index (χ4n) is 2.11.